The summed E-state index contributed by atoms with van der Waals surface area (Å²) in [5, 5.41) is 0. The van der Waals surface area contributed by atoms with Crippen LogP contribution < -0.4 is 5.73 Å². The van der Waals surface area contributed by atoms with Gasteiger partial charge in [0.15, 0.2) is 0 Å². The smallest absolute Gasteiger partial charge is 0.335 e. The molecule has 0 spiro atoms. The van der Waals surface area contributed by atoms with Gasteiger partial charge in [0.2, 0.25) is 5.91 Å². The van der Waals surface area contributed by atoms with Crippen molar-refractivity contribution in [3.05, 3.63) is 35.4 Å². The van der Waals surface area contributed by atoms with E-state index in [-0.39, 0.29) is 23.8 Å². The van der Waals surface area contributed by atoms with E-state index in [0.29, 0.717) is 13.1 Å². The average Bonchev–Trinajstić information content (AvgIpc) is 3.09. The van der Waals surface area contributed by atoms with Gasteiger partial charge < -0.3 is 10.6 Å². The minimum atomic E-state index is -4.33. The molecule has 2 N–H and O–H groups in total. The van der Waals surface area contributed by atoms with E-state index in [9.17, 15) is 18.0 Å². The maximum Gasteiger partial charge on any atom is 0.416 e. The van der Waals surface area contributed by atoms with Gasteiger partial charge in [-0.3, -0.25) is 4.79 Å². The van der Waals surface area contributed by atoms with Gasteiger partial charge in [-0.2, -0.15) is 13.2 Å². The maximum absolute atomic E-state index is 13.1. The van der Waals surface area contributed by atoms with E-state index in [4.69, 9.17) is 5.73 Å². The van der Waals surface area contributed by atoms with Crippen LogP contribution in [0.1, 0.15) is 55.7 Å². The summed E-state index contributed by atoms with van der Waals surface area (Å²) in [5.41, 5.74) is 5.96. The number of nitrogens with two attached hydrogens (primary N) is 1. The van der Waals surface area contributed by atoms with Gasteiger partial charge in [0.25, 0.3) is 0 Å². The Hall–Kier alpha value is -1.56. The highest BCUT2D eigenvalue weighted by Crippen LogP contribution is 2.38. The molecule has 1 amide bonds. The summed E-state index contributed by atoms with van der Waals surface area (Å²) in [6, 6.07) is 5.15. The monoisotopic (exact) mass is 354 g/mol. The third-order valence-corrected chi connectivity index (χ3v) is 5.69. The second-order valence-corrected chi connectivity index (χ2v) is 7.20. The summed E-state index contributed by atoms with van der Waals surface area (Å²) in [6.45, 7) is 1.20. The molecule has 3 nitrogen and oxygen atoms in total. The van der Waals surface area contributed by atoms with Crippen LogP contribution in [0.4, 0.5) is 13.2 Å². The lowest BCUT2D eigenvalue weighted by Gasteiger charge is -2.38. The van der Waals surface area contributed by atoms with Crippen molar-refractivity contribution in [1.82, 2.24) is 4.90 Å². The van der Waals surface area contributed by atoms with Crippen molar-refractivity contribution in [1.29, 1.82) is 0 Å². The first-order valence-corrected chi connectivity index (χ1v) is 9.09. The molecule has 2 fully saturated rings. The summed E-state index contributed by atoms with van der Waals surface area (Å²) in [7, 11) is 0. The van der Waals surface area contributed by atoms with E-state index >= 15 is 0 Å². The SMILES string of the molecule is NC[C@H]1CCC[C@H]1C(=O)N1CCCCC1c1ccc(C(F)(F)F)cc1. The first-order chi connectivity index (χ1) is 11.9. The topological polar surface area (TPSA) is 46.3 Å². The van der Waals surface area contributed by atoms with Gasteiger partial charge in [0.05, 0.1) is 11.6 Å². The Kier molecular flexibility index (Phi) is 5.37. The predicted molar refractivity (Wildman–Crippen MR) is 89.6 cm³/mol. The molecule has 6 heteroatoms. The van der Waals surface area contributed by atoms with Crippen molar-refractivity contribution in [2.24, 2.45) is 17.6 Å². The van der Waals surface area contributed by atoms with E-state index < -0.39 is 11.7 Å². The molecular weight excluding hydrogens is 329 g/mol. The molecule has 0 radical (unpaired) electrons. The molecule has 2 aliphatic rings. The molecule has 1 aliphatic heterocycles. The quantitative estimate of drug-likeness (QED) is 0.887. The summed E-state index contributed by atoms with van der Waals surface area (Å²) >= 11 is 0. The summed E-state index contributed by atoms with van der Waals surface area (Å²) in [4.78, 5) is 15.0. The fourth-order valence-electron chi connectivity index (χ4n) is 4.29. The summed E-state index contributed by atoms with van der Waals surface area (Å²) < 4.78 is 38.3. The van der Waals surface area contributed by atoms with Crippen molar-refractivity contribution in [2.45, 2.75) is 50.7 Å². The van der Waals surface area contributed by atoms with Crippen molar-refractivity contribution in [3.8, 4) is 0 Å². The van der Waals surface area contributed by atoms with Crippen molar-refractivity contribution in [3.63, 3.8) is 0 Å². The van der Waals surface area contributed by atoms with E-state index in [2.05, 4.69) is 0 Å². The molecule has 1 saturated carbocycles. The normalized spacial score (nSPS) is 27.5. The summed E-state index contributed by atoms with van der Waals surface area (Å²) in [6.07, 6.45) is 1.29. The van der Waals surface area contributed by atoms with Gasteiger partial charge in [-0.1, -0.05) is 18.6 Å². The number of piperidine rings is 1. The van der Waals surface area contributed by atoms with Gasteiger partial charge in [0, 0.05) is 12.5 Å². The first kappa shape index (κ1) is 18.2. The standard InChI is InChI=1S/C19H25F3N2O/c20-19(21,22)15-9-7-13(8-10-15)17-6-1-2-11-24(17)18(25)16-5-3-4-14(16)12-23/h7-10,14,16-17H,1-6,11-12,23H2/t14-,16-,17?/m1/s1. The van der Waals surface area contributed by atoms with Crippen LogP contribution in [0.5, 0.6) is 0 Å². The van der Waals surface area contributed by atoms with Crippen LogP contribution in [0.3, 0.4) is 0 Å². The highest BCUT2D eigenvalue weighted by Gasteiger charge is 2.38. The van der Waals surface area contributed by atoms with Gasteiger partial charge in [-0.05, 0) is 62.3 Å². The van der Waals surface area contributed by atoms with Crippen LogP contribution in [-0.4, -0.2) is 23.9 Å². The van der Waals surface area contributed by atoms with Gasteiger partial charge >= 0.3 is 6.18 Å². The number of hydrogen-bond donors (Lipinski definition) is 1. The van der Waals surface area contributed by atoms with Crippen molar-refractivity contribution >= 4 is 5.91 Å². The molecule has 1 unspecified atom stereocenters. The molecule has 1 aromatic carbocycles. The van der Waals surface area contributed by atoms with E-state index in [1.54, 1.807) is 0 Å². The van der Waals surface area contributed by atoms with Crippen molar-refractivity contribution in [2.75, 3.05) is 13.1 Å². The first-order valence-electron chi connectivity index (χ1n) is 9.09. The number of amides is 1. The van der Waals surface area contributed by atoms with Gasteiger partial charge in [0.1, 0.15) is 0 Å². The van der Waals surface area contributed by atoms with Crippen LogP contribution in [0.2, 0.25) is 0 Å². The Labute approximate surface area is 146 Å². The molecule has 1 aromatic rings. The number of halogens is 3. The zero-order chi connectivity index (χ0) is 18.0. The fourth-order valence-corrected chi connectivity index (χ4v) is 4.29. The van der Waals surface area contributed by atoms with E-state index in [0.717, 1.165) is 56.2 Å². The Balaban J connectivity index is 1.80. The van der Waals surface area contributed by atoms with Gasteiger partial charge in [-0.15, -0.1) is 0 Å². The molecule has 1 aliphatic carbocycles. The number of carbonyl (C=O) groups excluding carboxylic acids is 1. The lowest BCUT2D eigenvalue weighted by atomic mass is 9.90. The number of alkyl halides is 3. The molecule has 0 bridgehead atoms. The van der Waals surface area contributed by atoms with Crippen LogP contribution in [0.25, 0.3) is 0 Å². The number of nitrogens with zero attached hydrogens (tertiary/aromatic N) is 1. The van der Waals surface area contributed by atoms with Crippen LogP contribution in [0.15, 0.2) is 24.3 Å². The predicted octanol–water partition coefficient (Wildman–Crippen LogP) is 4.13. The minimum absolute atomic E-state index is 0.0277. The molecule has 1 saturated heterocycles. The molecular formula is C19H25F3N2O. The number of likely N-dealkylation sites (tertiary alicyclic amines) is 1. The third kappa shape index (κ3) is 3.84. The molecule has 0 aromatic heterocycles. The van der Waals surface area contributed by atoms with E-state index in [1.807, 2.05) is 4.90 Å². The largest absolute Gasteiger partial charge is 0.416 e. The second-order valence-electron chi connectivity index (χ2n) is 7.20. The summed E-state index contributed by atoms with van der Waals surface area (Å²) in [5.74, 6) is 0.347. The number of rotatable bonds is 3. The van der Waals surface area contributed by atoms with Crippen molar-refractivity contribution < 1.29 is 18.0 Å². The second kappa shape index (κ2) is 7.36. The van der Waals surface area contributed by atoms with Gasteiger partial charge in [-0.25, -0.2) is 0 Å². The molecule has 25 heavy (non-hydrogen) atoms. The lowest BCUT2D eigenvalue weighted by molar-refractivity contribution is -0.141. The van der Waals surface area contributed by atoms with Crippen LogP contribution >= 0.6 is 0 Å². The minimum Gasteiger partial charge on any atom is -0.335 e. The third-order valence-electron chi connectivity index (χ3n) is 5.69. The highest BCUT2D eigenvalue weighted by molar-refractivity contribution is 5.80. The highest BCUT2D eigenvalue weighted by atomic mass is 19.4. The number of hydrogen-bond acceptors (Lipinski definition) is 2. The zero-order valence-electron chi connectivity index (χ0n) is 14.3. The van der Waals surface area contributed by atoms with E-state index in [1.165, 1.54) is 12.1 Å². The zero-order valence-corrected chi connectivity index (χ0v) is 14.3. The Morgan fingerprint density at radius 1 is 1.08 bits per heavy atom. The number of benzene rings is 1. The lowest BCUT2D eigenvalue weighted by Crippen LogP contribution is -2.43. The van der Waals surface area contributed by atoms with Crippen LogP contribution in [0, 0.1) is 11.8 Å². The fraction of sp³-hybridized carbons (Fsp3) is 0.632. The molecule has 3 rings (SSSR count). The van der Waals surface area contributed by atoms with Crippen LogP contribution in [-0.2, 0) is 11.0 Å². The Morgan fingerprint density at radius 2 is 1.80 bits per heavy atom. The molecule has 3 atom stereocenters. The Bertz CT molecular complexity index is 600. The number of carbonyl (C=O) groups is 1. The molecule has 1 heterocycles. The Morgan fingerprint density at radius 3 is 2.44 bits per heavy atom. The molecule has 138 valence electrons. The maximum atomic E-state index is 13.1. The average molecular weight is 354 g/mol.